The van der Waals surface area contributed by atoms with Crippen molar-refractivity contribution >= 4 is 30.1 Å². The molecule has 1 aromatic carbocycles. The van der Waals surface area contributed by atoms with E-state index in [9.17, 15) is 25.3 Å². The lowest BCUT2D eigenvalue weighted by atomic mass is 9.90. The fraction of sp³-hybridized carbons (Fsp3) is 0.222. The Morgan fingerprint density at radius 3 is 0.718 bits per heavy atom. The van der Waals surface area contributed by atoms with Gasteiger partial charge in [-0.25, -0.2) is 25.3 Å². The van der Waals surface area contributed by atoms with Gasteiger partial charge >= 0.3 is 0 Å². The lowest BCUT2D eigenvalue weighted by Gasteiger charge is -2.20. The van der Waals surface area contributed by atoms with E-state index in [2.05, 4.69) is 0 Å². The largest absolute Gasteiger partial charge is 0.222 e. The Bertz CT molecular complexity index is 1260. The molecule has 39 heavy (non-hydrogen) atoms. The topological polar surface area (TPSA) is 112 Å². The highest BCUT2D eigenvalue weighted by atomic mass is 32.2. The van der Waals surface area contributed by atoms with E-state index in [0.717, 1.165) is 33.4 Å². The minimum Gasteiger partial charge on any atom is -0.212 e. The first-order valence-corrected chi connectivity index (χ1v) is 16.7. The van der Waals surface area contributed by atoms with Crippen LogP contribution in [-0.2, 0) is 69.3 Å². The molecule has 3 saturated carbocycles. The molecule has 3 fully saturated rings. The second-order valence-corrected chi connectivity index (χ2v) is 15.9. The molecule has 3 aliphatic carbocycles. The number of hydrogen-bond acceptors (Lipinski definition) is 6. The molecule has 1 aromatic rings. The number of nitrogens with zero attached hydrogens (tertiary/aromatic N) is 3. The Morgan fingerprint density at radius 1 is 0.359 bits per heavy atom. The first-order chi connectivity index (χ1) is 18.6. The lowest BCUT2D eigenvalue weighted by Crippen LogP contribution is -2.30. The molecule has 0 unspecified atom stereocenters. The first-order valence-electron chi connectivity index (χ1n) is 12.4. The highest BCUT2D eigenvalue weighted by Gasteiger charge is 2.47. The van der Waals surface area contributed by atoms with Crippen molar-refractivity contribution in [2.45, 2.75) is 39.3 Å². The molecule has 0 N–H and O–H groups in total. The van der Waals surface area contributed by atoms with E-state index < -0.39 is 30.1 Å². The van der Waals surface area contributed by atoms with Gasteiger partial charge in [0.1, 0.15) is 15.7 Å². The van der Waals surface area contributed by atoms with Crippen LogP contribution >= 0.6 is 0 Å². The summed E-state index contributed by atoms with van der Waals surface area (Å²) in [7, 11) is -11.3. The minimum atomic E-state index is -3.78. The van der Waals surface area contributed by atoms with E-state index in [1.165, 1.54) is 12.9 Å². The van der Waals surface area contributed by atoms with Gasteiger partial charge in [-0.15, -0.1) is 0 Å². The van der Waals surface area contributed by atoms with Gasteiger partial charge < -0.3 is 0 Å². The first kappa shape index (κ1) is 26.8. The molecule has 0 atom stereocenters. The predicted molar refractivity (Wildman–Crippen MR) is 142 cm³/mol. The molecule has 7 rings (SSSR count). The number of sulfonamides is 3. The van der Waals surface area contributed by atoms with Crippen LogP contribution in [0.5, 0.6) is 0 Å². The second-order valence-electron chi connectivity index (χ2n) is 10.1. The Morgan fingerprint density at radius 2 is 0.538 bits per heavy atom. The zero-order valence-electron chi connectivity index (χ0n) is 20.7. The van der Waals surface area contributed by atoms with E-state index in [-0.39, 0.29) is 55.0 Å². The molecule has 0 spiro atoms. The van der Waals surface area contributed by atoms with Crippen LogP contribution in [-0.4, -0.2) is 38.2 Å². The summed E-state index contributed by atoms with van der Waals surface area (Å²) in [6.45, 7) is 0.657. The number of rotatable bonds is 6. The fourth-order valence-corrected chi connectivity index (χ4v) is 10.2. The quantitative estimate of drug-likeness (QED) is 0.505. The zero-order valence-corrected chi connectivity index (χ0v) is 23.1. The maximum atomic E-state index is 13.4. The fourth-order valence-electron chi connectivity index (χ4n) is 6.01. The van der Waals surface area contributed by atoms with E-state index in [4.69, 9.17) is 0 Å². The third kappa shape index (κ3) is 4.18. The van der Waals surface area contributed by atoms with E-state index >= 15 is 0 Å². The molecule has 12 heteroatoms. The van der Waals surface area contributed by atoms with E-state index in [1.54, 1.807) is 77.0 Å². The van der Waals surface area contributed by atoms with Gasteiger partial charge in [0.25, 0.3) is 0 Å². The third-order valence-corrected chi connectivity index (χ3v) is 13.4. The molecular formula is C27H24N3O6S3. The molecule has 3 heterocycles. The predicted octanol–water partition coefficient (Wildman–Crippen LogP) is 1.71. The Hall–Kier alpha value is -1.05. The molecule has 0 aromatic heterocycles. The van der Waals surface area contributed by atoms with Crippen molar-refractivity contribution in [1.29, 1.82) is 0 Å². The summed E-state index contributed by atoms with van der Waals surface area (Å²) < 4.78 is 84.8. The van der Waals surface area contributed by atoms with Crippen LogP contribution in [0.4, 0.5) is 0 Å². The standard InChI is InChI=1S/C27H24N3O6S3/c31-37(32,19-7-1-2-8-19)28-13-22-23(14-28)25-16-30(39(35,36)21-11-5-6-12-21)18-27(25)26-17-29(15-24(22)26)38(33,34)20-9-3-4-10-20/h1-12H,13-18H2. The van der Waals surface area contributed by atoms with Crippen molar-refractivity contribution in [2.75, 3.05) is 0 Å². The van der Waals surface area contributed by atoms with Crippen molar-refractivity contribution in [3.63, 3.8) is 0 Å². The van der Waals surface area contributed by atoms with Crippen molar-refractivity contribution in [3.05, 3.63) is 126 Å². The van der Waals surface area contributed by atoms with Crippen molar-refractivity contribution in [3.8, 4) is 0 Å². The Labute approximate surface area is 233 Å². The second kappa shape index (κ2) is 9.49. The number of fused-ring (bicyclic) bond motifs is 6. The van der Waals surface area contributed by atoms with Gasteiger partial charge in [-0.1, -0.05) is 0 Å². The SMILES string of the molecule is O=S(=O)([C]1[CH][CH][CH][CH]1)N1Cc2c3c(c4c(c2C1)CN(S(=O)(=O)[C]1[CH][CH][CH][CH]1)C4)CN(S(=O)(=O)[C]1[CH][CH][CH][CH]1)C3. The van der Waals surface area contributed by atoms with Crippen LogP contribution < -0.4 is 0 Å². The maximum absolute atomic E-state index is 13.4. The van der Waals surface area contributed by atoms with Crippen LogP contribution in [0.1, 0.15) is 33.4 Å². The Kier molecular flexibility index (Phi) is 6.52. The van der Waals surface area contributed by atoms with Gasteiger partial charge in [0.2, 0.25) is 30.1 Å². The number of hydrogen-bond donors (Lipinski definition) is 0. The molecule has 0 bridgehead atoms. The van der Waals surface area contributed by atoms with Gasteiger partial charge in [-0.2, -0.15) is 12.9 Å². The summed E-state index contributed by atoms with van der Waals surface area (Å²) in [5.74, 6) is 0. The molecule has 9 nitrogen and oxygen atoms in total. The summed E-state index contributed by atoms with van der Waals surface area (Å²) in [6.07, 6.45) is 19.3. The summed E-state index contributed by atoms with van der Waals surface area (Å²) in [4.78, 5) is 0. The van der Waals surface area contributed by atoms with Crippen LogP contribution in [0.3, 0.4) is 0 Å². The Balaban J connectivity index is 1.27. The number of benzene rings is 1. The van der Waals surface area contributed by atoms with Gasteiger partial charge in [0.05, 0.1) is 0 Å². The molecule has 6 aliphatic rings. The van der Waals surface area contributed by atoms with Crippen LogP contribution in [0.15, 0.2) is 0 Å². The van der Waals surface area contributed by atoms with E-state index in [0.29, 0.717) is 0 Å². The summed E-state index contributed by atoms with van der Waals surface area (Å²) in [6, 6.07) is 0. The average Bonchev–Trinajstić information content (AvgIpc) is 3.72. The third-order valence-electron chi connectivity index (χ3n) is 8.00. The highest BCUT2D eigenvalue weighted by Crippen LogP contribution is 2.47. The maximum Gasteiger partial charge on any atom is 0.222 e. The van der Waals surface area contributed by atoms with Crippen molar-refractivity contribution in [1.82, 2.24) is 12.9 Å². The molecule has 15 radical (unpaired) electrons. The summed E-state index contributed by atoms with van der Waals surface area (Å²) in [5, 5.41) is 0.596. The van der Waals surface area contributed by atoms with Crippen molar-refractivity contribution < 1.29 is 25.3 Å². The highest BCUT2D eigenvalue weighted by molar-refractivity contribution is 7.92. The normalized spacial score (nSPS) is 26.2. The minimum absolute atomic E-state index is 0.109. The monoisotopic (exact) mass is 582 g/mol. The average molecular weight is 583 g/mol. The molecule has 0 amide bonds. The lowest BCUT2D eigenvalue weighted by molar-refractivity contribution is 0.425. The molecular weight excluding hydrogens is 559 g/mol. The summed E-state index contributed by atoms with van der Waals surface area (Å²) >= 11 is 0. The van der Waals surface area contributed by atoms with Gasteiger partial charge in [0.15, 0.2) is 0 Å². The van der Waals surface area contributed by atoms with Gasteiger partial charge in [-0.05, 0) is 110 Å². The van der Waals surface area contributed by atoms with Crippen LogP contribution in [0, 0.1) is 92.8 Å². The van der Waals surface area contributed by atoms with Crippen LogP contribution in [0.25, 0.3) is 0 Å². The van der Waals surface area contributed by atoms with Gasteiger partial charge in [0, 0.05) is 39.3 Å². The van der Waals surface area contributed by atoms with Gasteiger partial charge in [-0.3, -0.25) is 0 Å². The van der Waals surface area contributed by atoms with Crippen LogP contribution in [0.2, 0.25) is 0 Å². The molecule has 201 valence electrons. The zero-order chi connectivity index (χ0) is 27.2. The summed E-state index contributed by atoms with van der Waals surface area (Å²) in [5.41, 5.74) is 4.70. The molecule has 0 saturated heterocycles. The van der Waals surface area contributed by atoms with E-state index in [1.807, 2.05) is 0 Å². The van der Waals surface area contributed by atoms with Crippen molar-refractivity contribution in [2.24, 2.45) is 0 Å². The molecule has 3 aliphatic heterocycles. The smallest absolute Gasteiger partial charge is 0.212 e.